The van der Waals surface area contributed by atoms with E-state index in [1.165, 1.54) is 11.1 Å². The molecule has 0 bridgehead atoms. The van der Waals surface area contributed by atoms with Crippen LogP contribution in [0.25, 0.3) is 0 Å². The Balaban J connectivity index is 1.92. The van der Waals surface area contributed by atoms with Gasteiger partial charge in [0.05, 0.1) is 0 Å². The molecular weight excluding hydrogens is 236 g/mol. The Morgan fingerprint density at radius 3 is 2.53 bits per heavy atom. The van der Waals surface area contributed by atoms with E-state index < -0.39 is 0 Å². The maximum Gasteiger partial charge on any atom is 0.103 e. The number of H-pyrrole nitrogens is 1. The first-order chi connectivity index (χ1) is 9.15. The van der Waals surface area contributed by atoms with Crippen molar-refractivity contribution < 1.29 is 0 Å². The Hall–Kier alpha value is -1.65. The van der Waals surface area contributed by atoms with Crippen LogP contribution in [0.15, 0.2) is 30.5 Å². The first-order valence-corrected chi connectivity index (χ1v) is 6.58. The van der Waals surface area contributed by atoms with E-state index in [2.05, 4.69) is 58.5 Å². The normalized spacial score (nSPS) is 11.2. The lowest BCUT2D eigenvalue weighted by atomic mass is 10.1. The van der Waals surface area contributed by atoms with Gasteiger partial charge in [0.1, 0.15) is 5.82 Å². The summed E-state index contributed by atoms with van der Waals surface area (Å²) in [7, 11) is 4.19. The Morgan fingerprint density at radius 2 is 1.89 bits per heavy atom. The van der Waals surface area contributed by atoms with Crippen molar-refractivity contribution in [1.29, 1.82) is 0 Å². The summed E-state index contributed by atoms with van der Waals surface area (Å²) in [6, 6.07) is 8.57. The molecule has 4 nitrogen and oxygen atoms in total. The molecule has 0 saturated heterocycles. The Morgan fingerprint density at radius 1 is 1.16 bits per heavy atom. The zero-order valence-electron chi connectivity index (χ0n) is 11.9. The summed E-state index contributed by atoms with van der Waals surface area (Å²) >= 11 is 0. The van der Waals surface area contributed by atoms with E-state index in [0.717, 1.165) is 31.2 Å². The van der Waals surface area contributed by atoms with E-state index in [9.17, 15) is 0 Å². The molecule has 1 aromatic heterocycles. The minimum Gasteiger partial charge on any atom is -0.345 e. The van der Waals surface area contributed by atoms with Crippen molar-refractivity contribution in [3.05, 3.63) is 53.1 Å². The van der Waals surface area contributed by atoms with Crippen molar-refractivity contribution >= 4 is 0 Å². The second-order valence-corrected chi connectivity index (χ2v) is 5.10. The average molecular weight is 258 g/mol. The van der Waals surface area contributed by atoms with E-state index in [1.54, 1.807) is 0 Å². The summed E-state index contributed by atoms with van der Waals surface area (Å²) in [6.45, 7) is 4.64. The van der Waals surface area contributed by atoms with E-state index >= 15 is 0 Å². The minimum absolute atomic E-state index is 0.817. The van der Waals surface area contributed by atoms with Gasteiger partial charge in [0, 0.05) is 31.5 Å². The third-order valence-electron chi connectivity index (χ3n) is 2.99. The van der Waals surface area contributed by atoms with Crippen LogP contribution in [0, 0.1) is 6.92 Å². The van der Waals surface area contributed by atoms with Crippen LogP contribution in [0.2, 0.25) is 0 Å². The lowest BCUT2D eigenvalue weighted by Gasteiger charge is -2.14. The summed E-state index contributed by atoms with van der Waals surface area (Å²) in [6.07, 6.45) is 1.88. The zero-order valence-corrected chi connectivity index (χ0v) is 11.9. The summed E-state index contributed by atoms with van der Waals surface area (Å²) < 4.78 is 0. The fourth-order valence-corrected chi connectivity index (χ4v) is 2.12. The van der Waals surface area contributed by atoms with Crippen molar-refractivity contribution in [3.63, 3.8) is 0 Å². The maximum atomic E-state index is 4.20. The van der Waals surface area contributed by atoms with Gasteiger partial charge in [-0.25, -0.2) is 4.98 Å². The number of imidazole rings is 1. The highest BCUT2D eigenvalue weighted by atomic mass is 15.0. The number of rotatable bonds is 6. The summed E-state index contributed by atoms with van der Waals surface area (Å²) in [5.74, 6) is 0.963. The SMILES string of the molecule is Cc1ncc(CNCc2ccccc2CN(C)C)[nH]1. The molecule has 0 aliphatic rings. The van der Waals surface area contributed by atoms with E-state index in [1.807, 2.05) is 13.1 Å². The molecule has 0 spiro atoms. The molecule has 1 heterocycles. The number of nitrogens with one attached hydrogen (secondary N) is 2. The Labute approximate surface area is 114 Å². The highest BCUT2D eigenvalue weighted by Crippen LogP contribution is 2.10. The molecule has 0 atom stereocenters. The average Bonchev–Trinajstić information content (AvgIpc) is 2.77. The lowest BCUT2D eigenvalue weighted by Crippen LogP contribution is -2.17. The predicted octanol–water partition coefficient (Wildman–Crippen LogP) is 2.07. The number of benzene rings is 1. The van der Waals surface area contributed by atoms with Crippen LogP contribution in [0.1, 0.15) is 22.6 Å². The van der Waals surface area contributed by atoms with Crippen LogP contribution in [-0.2, 0) is 19.6 Å². The molecule has 0 unspecified atom stereocenters. The molecule has 4 heteroatoms. The highest BCUT2D eigenvalue weighted by molar-refractivity contribution is 5.26. The van der Waals surface area contributed by atoms with Gasteiger partial charge < -0.3 is 15.2 Å². The molecule has 2 N–H and O–H groups in total. The number of aromatic nitrogens is 2. The zero-order chi connectivity index (χ0) is 13.7. The fourth-order valence-electron chi connectivity index (χ4n) is 2.12. The fraction of sp³-hybridized carbons (Fsp3) is 0.400. The number of hydrogen-bond donors (Lipinski definition) is 2. The minimum atomic E-state index is 0.817. The van der Waals surface area contributed by atoms with Crippen molar-refractivity contribution in [2.24, 2.45) is 0 Å². The molecule has 102 valence electrons. The molecule has 1 aromatic carbocycles. The third kappa shape index (κ3) is 4.19. The van der Waals surface area contributed by atoms with Crippen molar-refractivity contribution in [2.75, 3.05) is 14.1 Å². The molecule has 0 amide bonds. The Kier molecular flexibility index (Phi) is 4.71. The standard InChI is InChI=1S/C15H22N4/c1-12-17-10-15(18-12)9-16-8-13-6-4-5-7-14(13)11-19(2)3/h4-7,10,16H,8-9,11H2,1-3H3,(H,17,18). The number of aromatic amines is 1. The van der Waals surface area contributed by atoms with Gasteiger partial charge in [-0.1, -0.05) is 24.3 Å². The Bertz CT molecular complexity index is 516. The van der Waals surface area contributed by atoms with Gasteiger partial charge in [-0.3, -0.25) is 0 Å². The maximum absolute atomic E-state index is 4.20. The molecule has 0 fully saturated rings. The summed E-state index contributed by atoms with van der Waals surface area (Å²) in [4.78, 5) is 9.62. The second kappa shape index (κ2) is 6.50. The van der Waals surface area contributed by atoms with Crippen molar-refractivity contribution in [2.45, 2.75) is 26.6 Å². The van der Waals surface area contributed by atoms with E-state index in [0.29, 0.717) is 0 Å². The van der Waals surface area contributed by atoms with Crippen LogP contribution in [-0.4, -0.2) is 29.0 Å². The smallest absolute Gasteiger partial charge is 0.103 e. The number of aryl methyl sites for hydroxylation is 1. The van der Waals surface area contributed by atoms with Gasteiger partial charge >= 0.3 is 0 Å². The van der Waals surface area contributed by atoms with Gasteiger partial charge in [-0.2, -0.15) is 0 Å². The van der Waals surface area contributed by atoms with Crippen LogP contribution >= 0.6 is 0 Å². The van der Waals surface area contributed by atoms with Gasteiger partial charge in [0.2, 0.25) is 0 Å². The molecule has 2 aromatic rings. The third-order valence-corrected chi connectivity index (χ3v) is 2.99. The largest absolute Gasteiger partial charge is 0.345 e. The van der Waals surface area contributed by atoms with Crippen molar-refractivity contribution in [3.8, 4) is 0 Å². The lowest BCUT2D eigenvalue weighted by molar-refractivity contribution is 0.400. The molecule has 2 rings (SSSR count). The molecule has 0 aliphatic heterocycles. The van der Waals surface area contributed by atoms with Crippen LogP contribution in [0.4, 0.5) is 0 Å². The van der Waals surface area contributed by atoms with Crippen LogP contribution in [0.5, 0.6) is 0 Å². The van der Waals surface area contributed by atoms with Gasteiger partial charge in [-0.05, 0) is 32.1 Å². The van der Waals surface area contributed by atoms with Gasteiger partial charge in [-0.15, -0.1) is 0 Å². The second-order valence-electron chi connectivity index (χ2n) is 5.10. The topological polar surface area (TPSA) is 44.0 Å². The monoisotopic (exact) mass is 258 g/mol. The first-order valence-electron chi connectivity index (χ1n) is 6.58. The predicted molar refractivity (Wildman–Crippen MR) is 77.7 cm³/mol. The first kappa shape index (κ1) is 13.8. The molecule has 0 radical (unpaired) electrons. The van der Waals surface area contributed by atoms with Crippen LogP contribution in [0.3, 0.4) is 0 Å². The summed E-state index contributed by atoms with van der Waals surface area (Å²) in [5.41, 5.74) is 3.86. The molecule has 0 aliphatic carbocycles. The van der Waals surface area contributed by atoms with E-state index in [4.69, 9.17) is 0 Å². The molecule has 0 saturated carbocycles. The van der Waals surface area contributed by atoms with Crippen LogP contribution < -0.4 is 5.32 Å². The van der Waals surface area contributed by atoms with Gasteiger partial charge in [0.15, 0.2) is 0 Å². The molecular formula is C15H22N4. The summed E-state index contributed by atoms with van der Waals surface area (Å²) in [5, 5.41) is 3.46. The highest BCUT2D eigenvalue weighted by Gasteiger charge is 2.03. The number of hydrogen-bond acceptors (Lipinski definition) is 3. The number of nitrogens with zero attached hydrogens (tertiary/aromatic N) is 2. The van der Waals surface area contributed by atoms with Gasteiger partial charge in [0.25, 0.3) is 0 Å². The van der Waals surface area contributed by atoms with E-state index in [-0.39, 0.29) is 0 Å². The van der Waals surface area contributed by atoms with Crippen molar-refractivity contribution in [1.82, 2.24) is 20.2 Å². The quantitative estimate of drug-likeness (QED) is 0.833. The molecule has 19 heavy (non-hydrogen) atoms.